The average Bonchev–Trinajstić information content (AvgIpc) is 3.48. The van der Waals surface area contributed by atoms with Gasteiger partial charge in [0.1, 0.15) is 0 Å². The Bertz CT molecular complexity index is 816. The number of anilines is 1. The van der Waals surface area contributed by atoms with E-state index in [-0.39, 0.29) is 24.3 Å². The number of carboxylic acids is 1. The lowest BCUT2D eigenvalue weighted by atomic mass is 9.99. The molecule has 0 radical (unpaired) electrons. The molecule has 1 atom stereocenters. The molecule has 1 saturated carbocycles. The number of benzene rings is 2. The molecule has 2 amide bonds. The monoisotopic (exact) mass is 352 g/mol. The molecule has 0 saturated heterocycles. The van der Waals surface area contributed by atoms with E-state index in [0.29, 0.717) is 16.8 Å². The zero-order valence-electron chi connectivity index (χ0n) is 14.1. The van der Waals surface area contributed by atoms with Crippen molar-refractivity contribution in [3.05, 3.63) is 65.7 Å². The highest BCUT2D eigenvalue weighted by atomic mass is 16.4. The van der Waals surface area contributed by atoms with Gasteiger partial charge in [-0.15, -0.1) is 0 Å². The number of carboxylic acid groups (broad SMARTS) is 1. The van der Waals surface area contributed by atoms with Crippen LogP contribution in [-0.4, -0.2) is 29.4 Å². The lowest BCUT2D eigenvalue weighted by Crippen LogP contribution is -2.31. The second kappa shape index (κ2) is 7.82. The van der Waals surface area contributed by atoms with E-state index in [1.165, 1.54) is 0 Å². The van der Waals surface area contributed by atoms with Crippen LogP contribution in [0.25, 0.3) is 0 Å². The van der Waals surface area contributed by atoms with Gasteiger partial charge in [0.2, 0.25) is 5.91 Å². The fourth-order valence-electron chi connectivity index (χ4n) is 2.66. The van der Waals surface area contributed by atoms with E-state index in [0.717, 1.165) is 12.8 Å². The lowest BCUT2D eigenvalue weighted by molar-refractivity contribution is -0.138. The van der Waals surface area contributed by atoms with Crippen molar-refractivity contribution in [1.82, 2.24) is 5.32 Å². The van der Waals surface area contributed by atoms with Crippen molar-refractivity contribution in [2.45, 2.75) is 18.8 Å². The molecule has 3 N–H and O–H groups in total. The van der Waals surface area contributed by atoms with Gasteiger partial charge in [-0.25, -0.2) is 0 Å². The third-order valence-electron chi connectivity index (χ3n) is 4.31. The first-order chi connectivity index (χ1) is 12.5. The first-order valence-corrected chi connectivity index (χ1v) is 8.51. The van der Waals surface area contributed by atoms with E-state index in [9.17, 15) is 19.5 Å². The minimum Gasteiger partial charge on any atom is -0.481 e. The Labute approximate surface area is 151 Å². The highest BCUT2D eigenvalue weighted by Crippen LogP contribution is 2.30. The van der Waals surface area contributed by atoms with Gasteiger partial charge in [-0.05, 0) is 36.6 Å². The van der Waals surface area contributed by atoms with Gasteiger partial charge in [-0.3, -0.25) is 14.4 Å². The van der Waals surface area contributed by atoms with Crippen molar-refractivity contribution in [2.24, 2.45) is 5.92 Å². The highest BCUT2D eigenvalue weighted by Gasteiger charge is 2.29. The largest absolute Gasteiger partial charge is 0.481 e. The van der Waals surface area contributed by atoms with Gasteiger partial charge in [-0.1, -0.05) is 36.4 Å². The second-order valence-electron chi connectivity index (χ2n) is 6.36. The van der Waals surface area contributed by atoms with Gasteiger partial charge in [0.05, 0.1) is 5.92 Å². The zero-order chi connectivity index (χ0) is 18.5. The number of nitrogens with one attached hydrogen (secondary N) is 2. The predicted molar refractivity (Wildman–Crippen MR) is 96.9 cm³/mol. The highest BCUT2D eigenvalue weighted by molar-refractivity contribution is 5.98. The van der Waals surface area contributed by atoms with Crippen molar-refractivity contribution in [3.63, 3.8) is 0 Å². The molecule has 2 aromatic rings. The minimum atomic E-state index is -0.998. The molecule has 2 aromatic carbocycles. The van der Waals surface area contributed by atoms with Gasteiger partial charge in [-0.2, -0.15) is 0 Å². The summed E-state index contributed by atoms with van der Waals surface area (Å²) in [4.78, 5) is 35.7. The summed E-state index contributed by atoms with van der Waals surface area (Å²) < 4.78 is 0. The van der Waals surface area contributed by atoms with Crippen LogP contribution < -0.4 is 10.6 Å². The van der Waals surface area contributed by atoms with Crippen LogP contribution in [0.2, 0.25) is 0 Å². The molecule has 0 aliphatic heterocycles. The summed E-state index contributed by atoms with van der Waals surface area (Å²) in [6, 6.07) is 15.4. The topological polar surface area (TPSA) is 95.5 Å². The molecule has 134 valence electrons. The maximum atomic E-state index is 12.4. The fraction of sp³-hybridized carbons (Fsp3) is 0.250. The first-order valence-electron chi connectivity index (χ1n) is 8.51. The Hall–Kier alpha value is -3.15. The molecule has 0 heterocycles. The lowest BCUT2D eigenvalue weighted by Gasteiger charge is -2.14. The number of aliphatic carboxylic acids is 1. The van der Waals surface area contributed by atoms with Gasteiger partial charge < -0.3 is 15.7 Å². The average molecular weight is 352 g/mol. The molecule has 0 spiro atoms. The summed E-state index contributed by atoms with van der Waals surface area (Å²) in [5.74, 6) is -2.15. The maximum Gasteiger partial charge on any atom is 0.312 e. The standard InChI is InChI=1S/C20H20N2O4/c23-18(21-12-17(20(25)26)13-5-2-1-3-6-13)15-7-4-8-16(11-15)22-19(24)14-9-10-14/h1-8,11,14,17H,9-10,12H2,(H,21,23)(H,22,24)(H,25,26). The molecule has 3 rings (SSSR count). The van der Waals surface area contributed by atoms with E-state index < -0.39 is 11.9 Å². The Kier molecular flexibility index (Phi) is 5.31. The molecular formula is C20H20N2O4. The minimum absolute atomic E-state index is 0.0170. The number of hydrogen-bond acceptors (Lipinski definition) is 3. The second-order valence-corrected chi connectivity index (χ2v) is 6.36. The summed E-state index contributed by atoms with van der Waals surface area (Å²) >= 11 is 0. The summed E-state index contributed by atoms with van der Waals surface area (Å²) in [5, 5.41) is 14.9. The Morgan fingerprint density at radius 2 is 1.77 bits per heavy atom. The maximum absolute atomic E-state index is 12.4. The number of carbonyl (C=O) groups is 3. The molecule has 1 fully saturated rings. The smallest absolute Gasteiger partial charge is 0.312 e. The van der Waals surface area contributed by atoms with E-state index in [2.05, 4.69) is 10.6 Å². The molecule has 6 heteroatoms. The van der Waals surface area contributed by atoms with E-state index in [1.54, 1.807) is 48.5 Å². The van der Waals surface area contributed by atoms with Crippen LogP contribution in [0.3, 0.4) is 0 Å². The van der Waals surface area contributed by atoms with Crippen molar-refractivity contribution in [2.75, 3.05) is 11.9 Å². The predicted octanol–water partition coefficient (Wildman–Crippen LogP) is 2.63. The molecule has 1 unspecified atom stereocenters. The van der Waals surface area contributed by atoms with Gasteiger partial charge in [0, 0.05) is 23.7 Å². The Morgan fingerprint density at radius 3 is 2.42 bits per heavy atom. The summed E-state index contributed by atoms with van der Waals surface area (Å²) in [7, 11) is 0. The molecule has 1 aliphatic rings. The van der Waals surface area contributed by atoms with E-state index in [1.807, 2.05) is 6.07 Å². The summed E-state index contributed by atoms with van der Waals surface area (Å²) in [6.07, 6.45) is 1.81. The molecule has 0 aromatic heterocycles. The Morgan fingerprint density at radius 1 is 1.04 bits per heavy atom. The molecular weight excluding hydrogens is 332 g/mol. The summed E-state index contributed by atoms with van der Waals surface area (Å²) in [6.45, 7) is -0.0170. The summed E-state index contributed by atoms with van der Waals surface area (Å²) in [5.41, 5.74) is 1.56. The van der Waals surface area contributed by atoms with E-state index >= 15 is 0 Å². The van der Waals surface area contributed by atoms with Gasteiger partial charge in [0.15, 0.2) is 0 Å². The quantitative estimate of drug-likeness (QED) is 0.714. The van der Waals surface area contributed by atoms with Gasteiger partial charge >= 0.3 is 5.97 Å². The van der Waals surface area contributed by atoms with Crippen molar-refractivity contribution in [3.8, 4) is 0 Å². The number of carbonyl (C=O) groups excluding carboxylic acids is 2. The number of hydrogen-bond donors (Lipinski definition) is 3. The van der Waals surface area contributed by atoms with Crippen LogP contribution in [0.1, 0.15) is 34.7 Å². The van der Waals surface area contributed by atoms with Crippen LogP contribution >= 0.6 is 0 Å². The van der Waals surface area contributed by atoms with Crippen LogP contribution in [0.15, 0.2) is 54.6 Å². The van der Waals surface area contributed by atoms with Crippen LogP contribution in [-0.2, 0) is 9.59 Å². The number of amides is 2. The zero-order valence-corrected chi connectivity index (χ0v) is 14.1. The molecule has 0 bridgehead atoms. The normalized spacial score (nSPS) is 14.3. The van der Waals surface area contributed by atoms with E-state index in [4.69, 9.17) is 0 Å². The molecule has 6 nitrogen and oxygen atoms in total. The van der Waals surface area contributed by atoms with Crippen molar-refractivity contribution in [1.29, 1.82) is 0 Å². The number of rotatable bonds is 7. The molecule has 1 aliphatic carbocycles. The van der Waals surface area contributed by atoms with Gasteiger partial charge in [0.25, 0.3) is 5.91 Å². The molecule has 26 heavy (non-hydrogen) atoms. The van der Waals surface area contributed by atoms with Crippen molar-refractivity contribution >= 4 is 23.5 Å². The third-order valence-corrected chi connectivity index (χ3v) is 4.31. The van der Waals surface area contributed by atoms with Crippen LogP contribution in [0.4, 0.5) is 5.69 Å². The van der Waals surface area contributed by atoms with Crippen molar-refractivity contribution < 1.29 is 19.5 Å². The SMILES string of the molecule is O=C(NCC(C(=O)O)c1ccccc1)c1cccc(NC(=O)C2CC2)c1. The fourth-order valence-corrected chi connectivity index (χ4v) is 2.66. The first kappa shape index (κ1) is 17.7. The Balaban J connectivity index is 1.63. The van der Waals surface area contributed by atoms with Crippen LogP contribution in [0.5, 0.6) is 0 Å². The third kappa shape index (κ3) is 4.47. The van der Waals surface area contributed by atoms with Crippen LogP contribution in [0, 0.1) is 5.92 Å².